The van der Waals surface area contributed by atoms with Crippen LogP contribution in [-0.4, -0.2) is 8.76 Å². The molecule has 0 amide bonds. The highest BCUT2D eigenvalue weighted by Crippen LogP contribution is 2.06. The van der Waals surface area contributed by atoms with Gasteiger partial charge >= 0.3 is 0 Å². The van der Waals surface area contributed by atoms with Crippen molar-refractivity contribution in [3.8, 4) is 0 Å². The van der Waals surface area contributed by atoms with Gasteiger partial charge in [-0.2, -0.15) is 4.21 Å². The predicted octanol–water partition coefficient (Wildman–Crippen LogP) is 1.48. The molecule has 1 rings (SSSR count). The second kappa shape index (κ2) is 4.10. The molecular formula is C7H7FO3S2. The molecule has 0 heterocycles. The lowest BCUT2D eigenvalue weighted by molar-refractivity contribution is 0.294. The van der Waals surface area contributed by atoms with Gasteiger partial charge in [0, 0.05) is 11.2 Å². The van der Waals surface area contributed by atoms with Gasteiger partial charge in [-0.05, 0) is 17.7 Å². The van der Waals surface area contributed by atoms with E-state index in [4.69, 9.17) is 4.55 Å². The molecule has 1 N–H and O–H groups in total. The third-order valence-electron chi connectivity index (χ3n) is 1.26. The highest BCUT2D eigenvalue weighted by Gasteiger charge is 2.01. The average molecular weight is 222 g/mol. The molecule has 1 unspecified atom stereocenters. The molecule has 0 bridgehead atoms. The Bertz CT molecular complexity index is 388. The van der Waals surface area contributed by atoms with Crippen LogP contribution in [0.1, 0.15) is 5.56 Å². The third kappa shape index (κ3) is 4.28. The quantitative estimate of drug-likeness (QED) is 0.841. The highest BCUT2D eigenvalue weighted by molar-refractivity contribution is 8.27. The summed E-state index contributed by atoms with van der Waals surface area (Å²) in [6.07, 6.45) is 0. The zero-order valence-corrected chi connectivity index (χ0v) is 8.11. The number of rotatable bonds is 3. The lowest BCUT2D eigenvalue weighted by Gasteiger charge is -2.01. The summed E-state index contributed by atoms with van der Waals surface area (Å²) in [6, 6.07) is 5.54. The fraction of sp³-hybridized carbons (Fsp3) is 0.143. The lowest BCUT2D eigenvalue weighted by atomic mass is 10.2. The first-order chi connectivity index (χ1) is 5.97. The van der Waals surface area contributed by atoms with E-state index in [1.807, 2.05) is 0 Å². The molecule has 6 heteroatoms. The molecule has 0 spiro atoms. The van der Waals surface area contributed by atoms with Crippen molar-refractivity contribution in [1.29, 1.82) is 0 Å². The van der Waals surface area contributed by atoms with Crippen LogP contribution >= 0.6 is 0 Å². The predicted molar refractivity (Wildman–Crippen MR) is 49.3 cm³/mol. The maximum Gasteiger partial charge on any atom is 0.266 e. The molecule has 0 aliphatic carbocycles. The molecule has 0 aromatic heterocycles. The third-order valence-corrected chi connectivity index (χ3v) is 1.97. The molecular weight excluding hydrogens is 215 g/mol. The fourth-order valence-electron chi connectivity index (χ4n) is 0.769. The van der Waals surface area contributed by atoms with Gasteiger partial charge in [-0.15, -0.1) is 0 Å². The molecule has 1 aromatic carbocycles. The summed E-state index contributed by atoms with van der Waals surface area (Å²) in [7, 11) is -3.62. The molecule has 0 aliphatic heterocycles. The Kier molecular flexibility index (Phi) is 3.32. The standard InChI is InChI=1S/C7H7FO3S2/c8-7-3-1-2-6(4-7)5-11-13(9,10)12/h1-4H,5H2,(H,9,10,12). The maximum absolute atomic E-state index is 12.6. The summed E-state index contributed by atoms with van der Waals surface area (Å²) in [5.41, 5.74) is 0.464. The van der Waals surface area contributed by atoms with Crippen molar-refractivity contribution in [3.05, 3.63) is 35.6 Å². The van der Waals surface area contributed by atoms with Crippen molar-refractivity contribution < 1.29 is 17.3 Å². The number of benzene rings is 1. The van der Waals surface area contributed by atoms with Crippen LogP contribution in [0.15, 0.2) is 24.3 Å². The van der Waals surface area contributed by atoms with Gasteiger partial charge in [-0.1, -0.05) is 12.1 Å². The largest absolute Gasteiger partial charge is 0.285 e. The van der Waals surface area contributed by atoms with Crippen molar-refractivity contribution in [2.75, 3.05) is 0 Å². The summed E-state index contributed by atoms with van der Waals surface area (Å²) >= 11 is 4.08. The number of hydrogen-bond donors (Lipinski definition) is 1. The molecule has 0 fully saturated rings. The summed E-state index contributed by atoms with van der Waals surface area (Å²) < 4.78 is 36.0. The Morgan fingerprint density at radius 3 is 2.85 bits per heavy atom. The molecule has 3 nitrogen and oxygen atoms in total. The molecule has 1 aromatic rings. The van der Waals surface area contributed by atoms with E-state index in [1.54, 1.807) is 6.07 Å². The molecule has 72 valence electrons. The second-order valence-corrected chi connectivity index (χ2v) is 4.67. The first kappa shape index (κ1) is 10.5. The van der Waals surface area contributed by atoms with Crippen molar-refractivity contribution in [2.24, 2.45) is 0 Å². The van der Waals surface area contributed by atoms with Gasteiger partial charge in [0.25, 0.3) is 9.05 Å². The molecule has 0 saturated carbocycles. The van der Waals surface area contributed by atoms with Gasteiger partial charge in [-0.25, -0.2) is 4.39 Å². The summed E-state index contributed by atoms with van der Waals surface area (Å²) in [5, 5.41) is 0. The van der Waals surface area contributed by atoms with E-state index < -0.39 is 14.9 Å². The van der Waals surface area contributed by atoms with Crippen LogP contribution < -0.4 is 0 Å². The van der Waals surface area contributed by atoms with E-state index in [2.05, 4.69) is 15.4 Å². The van der Waals surface area contributed by atoms with E-state index in [0.29, 0.717) is 5.56 Å². The Hall–Kier alpha value is -0.560. The zero-order valence-electron chi connectivity index (χ0n) is 6.47. The molecule has 13 heavy (non-hydrogen) atoms. The van der Waals surface area contributed by atoms with Gasteiger partial charge in [0.05, 0.1) is 6.61 Å². The van der Waals surface area contributed by atoms with E-state index in [0.717, 1.165) is 0 Å². The molecule has 0 aliphatic rings. The zero-order chi connectivity index (χ0) is 9.90. The topological polar surface area (TPSA) is 46.5 Å². The minimum atomic E-state index is -3.62. The normalized spacial score (nSPS) is 15.2. The highest BCUT2D eigenvalue weighted by atomic mass is 32.9. The first-order valence-electron chi connectivity index (χ1n) is 3.34. The van der Waals surface area contributed by atoms with E-state index in [9.17, 15) is 8.60 Å². The number of hydrogen-bond acceptors (Lipinski definition) is 3. The van der Waals surface area contributed by atoms with E-state index in [1.165, 1.54) is 18.2 Å². The van der Waals surface area contributed by atoms with Gasteiger partial charge in [0.1, 0.15) is 5.82 Å². The van der Waals surface area contributed by atoms with Crippen LogP contribution in [0.3, 0.4) is 0 Å². The Balaban J connectivity index is 2.65. The lowest BCUT2D eigenvalue weighted by Crippen LogP contribution is -2.01. The first-order valence-corrected chi connectivity index (χ1v) is 5.70. The van der Waals surface area contributed by atoms with Crippen molar-refractivity contribution >= 4 is 20.2 Å². The SMILES string of the molecule is O=S(O)(=S)OCc1cccc(F)c1. The van der Waals surface area contributed by atoms with Gasteiger partial charge in [0.2, 0.25) is 0 Å². The van der Waals surface area contributed by atoms with Crippen LogP contribution in [0.25, 0.3) is 0 Å². The molecule has 1 atom stereocenters. The minimum Gasteiger partial charge on any atom is -0.285 e. The minimum absolute atomic E-state index is 0.170. The Morgan fingerprint density at radius 2 is 2.31 bits per heavy atom. The average Bonchev–Trinajstić information content (AvgIpc) is 2.00. The van der Waals surface area contributed by atoms with Crippen molar-refractivity contribution in [1.82, 2.24) is 0 Å². The van der Waals surface area contributed by atoms with Crippen molar-refractivity contribution in [3.63, 3.8) is 0 Å². The van der Waals surface area contributed by atoms with Crippen LogP contribution in [0.5, 0.6) is 0 Å². The van der Waals surface area contributed by atoms with Gasteiger partial charge in [0.15, 0.2) is 0 Å². The molecule has 0 radical (unpaired) electrons. The van der Waals surface area contributed by atoms with Gasteiger partial charge in [-0.3, -0.25) is 8.74 Å². The van der Waals surface area contributed by atoms with Gasteiger partial charge < -0.3 is 0 Å². The Morgan fingerprint density at radius 1 is 1.62 bits per heavy atom. The summed E-state index contributed by atoms with van der Waals surface area (Å²) in [6.45, 7) is -0.170. The van der Waals surface area contributed by atoms with Crippen LogP contribution in [-0.2, 0) is 31.0 Å². The van der Waals surface area contributed by atoms with E-state index >= 15 is 0 Å². The monoisotopic (exact) mass is 222 g/mol. The fourth-order valence-corrected chi connectivity index (χ4v) is 1.20. The maximum atomic E-state index is 12.6. The Labute approximate surface area is 80.2 Å². The van der Waals surface area contributed by atoms with Crippen LogP contribution in [0.2, 0.25) is 0 Å². The van der Waals surface area contributed by atoms with Crippen LogP contribution in [0.4, 0.5) is 4.39 Å². The van der Waals surface area contributed by atoms with Crippen LogP contribution in [0, 0.1) is 5.82 Å². The van der Waals surface area contributed by atoms with E-state index in [-0.39, 0.29) is 6.61 Å². The smallest absolute Gasteiger partial charge is 0.266 e. The summed E-state index contributed by atoms with van der Waals surface area (Å²) in [4.78, 5) is 0. The van der Waals surface area contributed by atoms with Crippen molar-refractivity contribution in [2.45, 2.75) is 6.61 Å². The second-order valence-electron chi connectivity index (χ2n) is 2.32. The number of halogens is 1. The summed E-state index contributed by atoms with van der Waals surface area (Å²) in [5.74, 6) is -0.421. The molecule has 0 saturated heterocycles.